The summed E-state index contributed by atoms with van der Waals surface area (Å²) in [5.41, 5.74) is 8.30. The summed E-state index contributed by atoms with van der Waals surface area (Å²) in [5.74, 6) is -0.208. The molecular formula is C13H13BrN4O. The minimum atomic E-state index is -0.208. The van der Waals surface area contributed by atoms with Crippen LogP contribution in [-0.4, -0.2) is 15.9 Å². The van der Waals surface area contributed by atoms with E-state index in [2.05, 4.69) is 31.2 Å². The molecule has 0 aliphatic heterocycles. The van der Waals surface area contributed by atoms with Gasteiger partial charge in [0.25, 0.3) is 5.91 Å². The fraction of sp³-hybridized carbons (Fsp3) is 0.154. The van der Waals surface area contributed by atoms with Gasteiger partial charge in [-0.15, -0.1) is 0 Å². The van der Waals surface area contributed by atoms with Gasteiger partial charge in [-0.3, -0.25) is 9.78 Å². The number of nitrogens with two attached hydrogens (primary N) is 1. The van der Waals surface area contributed by atoms with Gasteiger partial charge in [-0.1, -0.05) is 0 Å². The van der Waals surface area contributed by atoms with Gasteiger partial charge >= 0.3 is 0 Å². The van der Waals surface area contributed by atoms with Gasteiger partial charge in [0.15, 0.2) is 0 Å². The van der Waals surface area contributed by atoms with Crippen LogP contribution in [0.25, 0.3) is 0 Å². The summed E-state index contributed by atoms with van der Waals surface area (Å²) < 4.78 is 0.764. The van der Waals surface area contributed by atoms with E-state index >= 15 is 0 Å². The third-order valence-electron chi connectivity index (χ3n) is 2.56. The molecule has 0 unspecified atom stereocenters. The number of amides is 1. The molecule has 0 aliphatic carbocycles. The highest BCUT2D eigenvalue weighted by Gasteiger charge is 2.08. The number of aryl methyl sites for hydroxylation is 1. The maximum absolute atomic E-state index is 12.1. The first-order valence-electron chi connectivity index (χ1n) is 5.68. The minimum Gasteiger partial charge on any atom is -0.325 e. The zero-order valence-electron chi connectivity index (χ0n) is 10.4. The third kappa shape index (κ3) is 3.36. The second kappa shape index (κ2) is 5.90. The molecule has 6 heteroatoms. The second-order valence-corrected chi connectivity index (χ2v) is 4.78. The van der Waals surface area contributed by atoms with Gasteiger partial charge in [-0.05, 0) is 46.6 Å². The van der Waals surface area contributed by atoms with Crippen molar-refractivity contribution in [2.75, 3.05) is 5.32 Å². The highest BCUT2D eigenvalue weighted by atomic mass is 79.9. The average molecular weight is 321 g/mol. The highest BCUT2D eigenvalue weighted by Crippen LogP contribution is 2.17. The summed E-state index contributed by atoms with van der Waals surface area (Å²) in [6.07, 6.45) is 3.17. The van der Waals surface area contributed by atoms with E-state index in [0.29, 0.717) is 23.5 Å². The molecule has 0 atom stereocenters. The summed E-state index contributed by atoms with van der Waals surface area (Å²) in [5, 5.41) is 2.79. The van der Waals surface area contributed by atoms with E-state index in [4.69, 9.17) is 5.73 Å². The van der Waals surface area contributed by atoms with Crippen molar-refractivity contribution < 1.29 is 4.79 Å². The first kappa shape index (κ1) is 13.6. The molecule has 0 aliphatic rings. The van der Waals surface area contributed by atoms with Crippen LogP contribution in [0.1, 0.15) is 21.6 Å². The molecule has 0 saturated carbocycles. The quantitative estimate of drug-likeness (QED) is 0.850. The number of carbonyl (C=O) groups excluding carboxylic acids is 1. The van der Waals surface area contributed by atoms with E-state index in [0.717, 1.165) is 10.2 Å². The van der Waals surface area contributed by atoms with Gasteiger partial charge in [0.2, 0.25) is 0 Å². The molecule has 1 amide bonds. The number of hydrogen-bond donors (Lipinski definition) is 2. The van der Waals surface area contributed by atoms with Crippen LogP contribution in [0.3, 0.4) is 0 Å². The molecule has 0 fully saturated rings. The van der Waals surface area contributed by atoms with Crippen LogP contribution in [0.15, 0.2) is 35.2 Å². The van der Waals surface area contributed by atoms with Gasteiger partial charge < -0.3 is 11.1 Å². The Morgan fingerprint density at radius 1 is 1.42 bits per heavy atom. The zero-order chi connectivity index (χ0) is 13.8. The Morgan fingerprint density at radius 2 is 2.21 bits per heavy atom. The molecule has 0 radical (unpaired) electrons. The van der Waals surface area contributed by atoms with Crippen molar-refractivity contribution in [1.82, 2.24) is 9.97 Å². The lowest BCUT2D eigenvalue weighted by atomic mass is 10.2. The van der Waals surface area contributed by atoms with E-state index in [1.165, 1.54) is 0 Å². The minimum absolute atomic E-state index is 0.208. The standard InChI is InChI=1S/C13H13BrN4O/c1-8-4-11(7-17-12(8)14)18-13(19)9-2-3-16-10(5-9)6-15/h2-5,7H,6,15H2,1H3,(H,18,19). The molecule has 2 rings (SSSR count). The highest BCUT2D eigenvalue weighted by molar-refractivity contribution is 9.10. The number of aromatic nitrogens is 2. The van der Waals surface area contributed by atoms with E-state index in [-0.39, 0.29) is 5.91 Å². The lowest BCUT2D eigenvalue weighted by Crippen LogP contribution is -2.13. The van der Waals surface area contributed by atoms with Crippen molar-refractivity contribution in [3.05, 3.63) is 52.0 Å². The largest absolute Gasteiger partial charge is 0.325 e. The number of anilines is 1. The van der Waals surface area contributed by atoms with E-state index < -0.39 is 0 Å². The fourth-order valence-electron chi connectivity index (χ4n) is 1.56. The number of pyridine rings is 2. The van der Waals surface area contributed by atoms with Crippen molar-refractivity contribution in [3.63, 3.8) is 0 Å². The first-order valence-corrected chi connectivity index (χ1v) is 6.48. The van der Waals surface area contributed by atoms with Gasteiger partial charge in [0.05, 0.1) is 17.6 Å². The molecule has 0 aromatic carbocycles. The zero-order valence-corrected chi connectivity index (χ0v) is 11.9. The number of nitrogens with one attached hydrogen (secondary N) is 1. The van der Waals surface area contributed by atoms with Crippen LogP contribution in [0, 0.1) is 6.92 Å². The normalized spacial score (nSPS) is 10.3. The Balaban J connectivity index is 2.18. The summed E-state index contributed by atoms with van der Waals surface area (Å²) >= 11 is 3.31. The van der Waals surface area contributed by atoms with Crippen molar-refractivity contribution in [1.29, 1.82) is 0 Å². The summed E-state index contributed by atoms with van der Waals surface area (Å²) in [4.78, 5) is 20.2. The summed E-state index contributed by atoms with van der Waals surface area (Å²) in [7, 11) is 0. The molecule has 2 aromatic rings. The molecule has 19 heavy (non-hydrogen) atoms. The van der Waals surface area contributed by atoms with Gasteiger partial charge in [-0.2, -0.15) is 0 Å². The molecule has 3 N–H and O–H groups in total. The number of carbonyl (C=O) groups is 1. The SMILES string of the molecule is Cc1cc(NC(=O)c2ccnc(CN)c2)cnc1Br. The van der Waals surface area contributed by atoms with Crippen LogP contribution in [0.2, 0.25) is 0 Å². The Bertz CT molecular complexity index is 615. The molecule has 0 bridgehead atoms. The van der Waals surface area contributed by atoms with Crippen LogP contribution >= 0.6 is 15.9 Å². The van der Waals surface area contributed by atoms with Crippen LogP contribution in [0.5, 0.6) is 0 Å². The predicted molar refractivity (Wildman–Crippen MR) is 76.8 cm³/mol. The van der Waals surface area contributed by atoms with Gasteiger partial charge in [0, 0.05) is 18.3 Å². The Hall–Kier alpha value is -1.79. The lowest BCUT2D eigenvalue weighted by molar-refractivity contribution is 0.102. The number of nitrogens with zero attached hydrogens (tertiary/aromatic N) is 2. The van der Waals surface area contributed by atoms with E-state index in [9.17, 15) is 4.79 Å². The first-order chi connectivity index (χ1) is 9.10. The molecule has 5 nitrogen and oxygen atoms in total. The second-order valence-electron chi connectivity index (χ2n) is 4.03. The van der Waals surface area contributed by atoms with E-state index in [1.54, 1.807) is 24.5 Å². The molecule has 98 valence electrons. The number of halogens is 1. The van der Waals surface area contributed by atoms with Gasteiger partial charge in [0.1, 0.15) is 4.60 Å². The van der Waals surface area contributed by atoms with Crippen molar-refractivity contribution in [3.8, 4) is 0 Å². The molecule has 2 heterocycles. The van der Waals surface area contributed by atoms with Crippen molar-refractivity contribution in [2.24, 2.45) is 5.73 Å². The smallest absolute Gasteiger partial charge is 0.255 e. The monoisotopic (exact) mass is 320 g/mol. The number of hydrogen-bond acceptors (Lipinski definition) is 4. The van der Waals surface area contributed by atoms with Crippen molar-refractivity contribution >= 4 is 27.5 Å². The third-order valence-corrected chi connectivity index (χ3v) is 3.39. The van der Waals surface area contributed by atoms with E-state index in [1.807, 2.05) is 13.0 Å². The van der Waals surface area contributed by atoms with Crippen LogP contribution in [-0.2, 0) is 6.54 Å². The van der Waals surface area contributed by atoms with Crippen LogP contribution < -0.4 is 11.1 Å². The predicted octanol–water partition coefficient (Wildman–Crippen LogP) is 2.26. The summed E-state index contributed by atoms with van der Waals surface area (Å²) in [6, 6.07) is 5.17. The molecule has 0 spiro atoms. The topological polar surface area (TPSA) is 80.9 Å². The average Bonchev–Trinajstić information content (AvgIpc) is 2.43. The maximum Gasteiger partial charge on any atom is 0.255 e. The Kier molecular flexibility index (Phi) is 4.24. The molecule has 2 aromatic heterocycles. The van der Waals surface area contributed by atoms with Crippen molar-refractivity contribution in [2.45, 2.75) is 13.5 Å². The Labute approximate surface area is 119 Å². The van der Waals surface area contributed by atoms with Crippen LogP contribution in [0.4, 0.5) is 5.69 Å². The summed E-state index contributed by atoms with van der Waals surface area (Å²) in [6.45, 7) is 2.21. The number of rotatable bonds is 3. The molecular weight excluding hydrogens is 308 g/mol. The lowest BCUT2D eigenvalue weighted by Gasteiger charge is -2.07. The molecule has 0 saturated heterocycles. The maximum atomic E-state index is 12.1. The fourth-order valence-corrected chi connectivity index (χ4v) is 1.78. The van der Waals surface area contributed by atoms with Gasteiger partial charge in [-0.25, -0.2) is 4.98 Å². The Morgan fingerprint density at radius 3 is 2.89 bits per heavy atom.